The van der Waals surface area contributed by atoms with E-state index >= 15 is 0 Å². The van der Waals surface area contributed by atoms with Gasteiger partial charge in [0.1, 0.15) is 0 Å². The predicted octanol–water partition coefficient (Wildman–Crippen LogP) is 3.30. The second kappa shape index (κ2) is 5.45. The van der Waals surface area contributed by atoms with Gasteiger partial charge < -0.3 is 9.47 Å². The first-order chi connectivity index (χ1) is 7.36. The van der Waals surface area contributed by atoms with Gasteiger partial charge in [-0.15, -0.1) is 11.3 Å². The molecule has 0 saturated carbocycles. The second-order valence-electron chi connectivity index (χ2n) is 3.69. The zero-order chi connectivity index (χ0) is 10.5. The first-order valence-electron chi connectivity index (χ1n) is 5.31. The van der Waals surface area contributed by atoms with Crippen LogP contribution in [-0.4, -0.2) is 19.5 Å². The molecule has 3 heteroatoms. The van der Waals surface area contributed by atoms with Crippen molar-refractivity contribution in [3.05, 3.63) is 29.0 Å². The highest BCUT2D eigenvalue weighted by molar-refractivity contribution is 7.11. The monoisotopic (exact) mass is 224 g/mol. The standard InChI is InChI=1S/C12H16O2S/c1-10(11-5-4-8-15-11)9-14-12-6-2-3-7-13-12/h4-5,8,12H,1-3,6-7,9H2. The average molecular weight is 224 g/mol. The first-order valence-corrected chi connectivity index (χ1v) is 6.19. The summed E-state index contributed by atoms with van der Waals surface area (Å²) in [6, 6.07) is 4.10. The minimum absolute atomic E-state index is 0.0181. The SMILES string of the molecule is C=C(COC1CCCCO1)c1cccs1. The van der Waals surface area contributed by atoms with Crippen molar-refractivity contribution in [2.24, 2.45) is 0 Å². The lowest BCUT2D eigenvalue weighted by atomic mass is 10.2. The molecule has 1 unspecified atom stereocenters. The van der Waals surface area contributed by atoms with E-state index in [1.54, 1.807) is 11.3 Å². The van der Waals surface area contributed by atoms with Gasteiger partial charge in [-0.05, 0) is 36.3 Å². The molecule has 2 rings (SSSR count). The molecule has 1 aliphatic heterocycles. The van der Waals surface area contributed by atoms with Crippen LogP contribution >= 0.6 is 11.3 Å². The van der Waals surface area contributed by atoms with Crippen LogP contribution in [0.25, 0.3) is 5.57 Å². The molecular formula is C12H16O2S. The van der Waals surface area contributed by atoms with Crippen LogP contribution in [0.5, 0.6) is 0 Å². The third kappa shape index (κ3) is 3.16. The first kappa shape index (κ1) is 10.9. The smallest absolute Gasteiger partial charge is 0.158 e. The van der Waals surface area contributed by atoms with E-state index in [2.05, 4.69) is 18.0 Å². The van der Waals surface area contributed by atoms with E-state index in [4.69, 9.17) is 9.47 Å². The zero-order valence-corrected chi connectivity index (χ0v) is 9.59. The summed E-state index contributed by atoms with van der Waals surface area (Å²) in [6.07, 6.45) is 3.36. The molecule has 0 radical (unpaired) electrons. The van der Waals surface area contributed by atoms with Gasteiger partial charge >= 0.3 is 0 Å². The van der Waals surface area contributed by atoms with E-state index in [-0.39, 0.29) is 6.29 Å². The third-order valence-corrected chi connectivity index (χ3v) is 3.42. The summed E-state index contributed by atoms with van der Waals surface area (Å²) < 4.78 is 11.1. The minimum Gasteiger partial charge on any atom is -0.353 e. The van der Waals surface area contributed by atoms with Crippen molar-refractivity contribution in [2.75, 3.05) is 13.2 Å². The molecule has 1 saturated heterocycles. The molecule has 1 fully saturated rings. The van der Waals surface area contributed by atoms with Crippen LogP contribution in [0, 0.1) is 0 Å². The second-order valence-corrected chi connectivity index (χ2v) is 4.64. The molecule has 1 aromatic rings. The Morgan fingerprint density at radius 2 is 2.53 bits per heavy atom. The average Bonchev–Trinajstić information content (AvgIpc) is 2.81. The Balaban J connectivity index is 1.75. The molecule has 82 valence electrons. The number of hydrogen-bond donors (Lipinski definition) is 0. The summed E-state index contributed by atoms with van der Waals surface area (Å²) in [5.41, 5.74) is 1.04. The highest BCUT2D eigenvalue weighted by Crippen LogP contribution is 2.21. The van der Waals surface area contributed by atoms with Crippen molar-refractivity contribution in [1.82, 2.24) is 0 Å². The maximum absolute atomic E-state index is 5.65. The molecule has 2 heterocycles. The number of rotatable bonds is 4. The summed E-state index contributed by atoms with van der Waals surface area (Å²) in [6.45, 7) is 5.42. The van der Waals surface area contributed by atoms with Crippen molar-refractivity contribution >= 4 is 16.9 Å². The maximum atomic E-state index is 5.65. The molecule has 1 aromatic heterocycles. The van der Waals surface area contributed by atoms with Crippen LogP contribution in [0.2, 0.25) is 0 Å². The lowest BCUT2D eigenvalue weighted by Crippen LogP contribution is -2.22. The highest BCUT2D eigenvalue weighted by Gasteiger charge is 2.14. The van der Waals surface area contributed by atoms with Crippen LogP contribution in [0.3, 0.4) is 0 Å². The molecule has 0 N–H and O–H groups in total. The van der Waals surface area contributed by atoms with Crippen LogP contribution in [0.15, 0.2) is 24.1 Å². The van der Waals surface area contributed by atoms with E-state index in [0.29, 0.717) is 6.61 Å². The molecule has 0 spiro atoms. The summed E-state index contributed by atoms with van der Waals surface area (Å²) in [7, 11) is 0. The zero-order valence-electron chi connectivity index (χ0n) is 8.78. The van der Waals surface area contributed by atoms with E-state index in [0.717, 1.165) is 25.0 Å². The molecular weight excluding hydrogens is 208 g/mol. The van der Waals surface area contributed by atoms with Gasteiger partial charge in [0.15, 0.2) is 6.29 Å². The van der Waals surface area contributed by atoms with Gasteiger partial charge in [0.05, 0.1) is 6.61 Å². The van der Waals surface area contributed by atoms with E-state index in [1.807, 2.05) is 6.07 Å². The van der Waals surface area contributed by atoms with E-state index < -0.39 is 0 Å². The molecule has 0 bridgehead atoms. The fraction of sp³-hybridized carbons (Fsp3) is 0.500. The van der Waals surface area contributed by atoms with Crippen LogP contribution in [-0.2, 0) is 9.47 Å². The van der Waals surface area contributed by atoms with Gasteiger partial charge in [0.25, 0.3) is 0 Å². The molecule has 15 heavy (non-hydrogen) atoms. The lowest BCUT2D eigenvalue weighted by molar-refractivity contribution is -0.154. The van der Waals surface area contributed by atoms with Crippen molar-refractivity contribution in [2.45, 2.75) is 25.6 Å². The predicted molar refractivity (Wildman–Crippen MR) is 62.9 cm³/mol. The van der Waals surface area contributed by atoms with Gasteiger partial charge in [-0.3, -0.25) is 0 Å². The van der Waals surface area contributed by atoms with Crippen LogP contribution < -0.4 is 0 Å². The third-order valence-electron chi connectivity index (χ3n) is 2.45. The summed E-state index contributed by atoms with van der Waals surface area (Å²) in [4.78, 5) is 1.20. The van der Waals surface area contributed by atoms with Gasteiger partial charge in [-0.1, -0.05) is 12.6 Å². The van der Waals surface area contributed by atoms with Gasteiger partial charge in [-0.25, -0.2) is 0 Å². The van der Waals surface area contributed by atoms with Gasteiger partial charge in [-0.2, -0.15) is 0 Å². The van der Waals surface area contributed by atoms with Crippen LogP contribution in [0.4, 0.5) is 0 Å². The molecule has 1 aliphatic rings. The Morgan fingerprint density at radius 1 is 1.60 bits per heavy atom. The fourth-order valence-electron chi connectivity index (χ4n) is 1.59. The van der Waals surface area contributed by atoms with Crippen molar-refractivity contribution < 1.29 is 9.47 Å². The van der Waals surface area contributed by atoms with Gasteiger partial charge in [0, 0.05) is 11.5 Å². The van der Waals surface area contributed by atoms with Crippen LogP contribution in [0.1, 0.15) is 24.1 Å². The molecule has 2 nitrogen and oxygen atoms in total. The normalized spacial score (nSPS) is 21.5. The number of ether oxygens (including phenoxy) is 2. The molecule has 0 aliphatic carbocycles. The summed E-state index contributed by atoms with van der Waals surface area (Å²) >= 11 is 1.70. The molecule has 1 atom stereocenters. The fourth-order valence-corrected chi connectivity index (χ4v) is 2.27. The summed E-state index contributed by atoms with van der Waals surface area (Å²) in [5, 5.41) is 2.05. The lowest BCUT2D eigenvalue weighted by Gasteiger charge is -2.22. The quantitative estimate of drug-likeness (QED) is 0.781. The van der Waals surface area contributed by atoms with E-state index in [9.17, 15) is 0 Å². The Bertz CT molecular complexity index is 299. The number of hydrogen-bond acceptors (Lipinski definition) is 3. The Hall–Kier alpha value is -0.640. The topological polar surface area (TPSA) is 18.5 Å². The number of thiophene rings is 1. The summed E-state index contributed by atoms with van der Waals surface area (Å²) in [5.74, 6) is 0. The minimum atomic E-state index is -0.0181. The molecule has 0 amide bonds. The Labute approximate surface area is 94.5 Å². The molecule has 0 aromatic carbocycles. The van der Waals surface area contributed by atoms with Crippen molar-refractivity contribution in [3.63, 3.8) is 0 Å². The Kier molecular flexibility index (Phi) is 3.94. The largest absolute Gasteiger partial charge is 0.353 e. The Morgan fingerprint density at radius 3 is 3.20 bits per heavy atom. The van der Waals surface area contributed by atoms with Gasteiger partial charge in [0.2, 0.25) is 0 Å². The highest BCUT2D eigenvalue weighted by atomic mass is 32.1. The van der Waals surface area contributed by atoms with Crippen molar-refractivity contribution in [3.8, 4) is 0 Å². The van der Waals surface area contributed by atoms with Crippen molar-refractivity contribution in [1.29, 1.82) is 0 Å². The van der Waals surface area contributed by atoms with E-state index in [1.165, 1.54) is 11.3 Å². The maximum Gasteiger partial charge on any atom is 0.158 e.